The van der Waals surface area contributed by atoms with Crippen LogP contribution in [0.3, 0.4) is 0 Å². The molecule has 0 spiro atoms. The van der Waals surface area contributed by atoms with Crippen molar-refractivity contribution in [3.05, 3.63) is 103 Å². The molecule has 370 valence electrons. The maximum Gasteiger partial charge on any atom is 0.343 e. The van der Waals surface area contributed by atoms with Gasteiger partial charge in [0, 0.05) is 72.8 Å². The molecule has 2 saturated heterocycles. The summed E-state index contributed by atoms with van der Waals surface area (Å²) < 4.78 is 19.6. The lowest BCUT2D eigenvalue weighted by molar-refractivity contribution is -0.172. The Bertz CT molecular complexity index is 2990. The van der Waals surface area contributed by atoms with Crippen LogP contribution in [0.25, 0.3) is 22.3 Å². The Morgan fingerprint density at radius 1 is 0.972 bits per heavy atom. The zero-order valence-electron chi connectivity index (χ0n) is 40.3. The number of benzene rings is 2. The number of nitrogens with one attached hydrogen (secondary N) is 1. The summed E-state index contributed by atoms with van der Waals surface area (Å²) in [6, 6.07) is 18.4. The van der Waals surface area contributed by atoms with Gasteiger partial charge in [-0.05, 0) is 126 Å². The summed E-state index contributed by atoms with van der Waals surface area (Å²) in [6.45, 7) is 5.68. The molecular formula is C53H58ClN9O8. The van der Waals surface area contributed by atoms with Crippen molar-refractivity contribution in [1.82, 2.24) is 34.9 Å². The number of nitriles is 1. The Morgan fingerprint density at radius 2 is 1.75 bits per heavy atom. The summed E-state index contributed by atoms with van der Waals surface area (Å²) in [5, 5.41) is 33.5. The van der Waals surface area contributed by atoms with E-state index in [-0.39, 0.29) is 60.1 Å². The second kappa shape index (κ2) is 19.9. The quantitative estimate of drug-likeness (QED) is 0.133. The minimum atomic E-state index is -1.89. The molecule has 2 N–H and O–H groups in total. The Hall–Kier alpha value is -6.61. The lowest BCUT2D eigenvalue weighted by atomic mass is 9.86. The molecule has 2 aromatic carbocycles. The third-order valence-electron chi connectivity index (χ3n) is 15.1. The summed E-state index contributed by atoms with van der Waals surface area (Å²) in [4.78, 5) is 64.6. The molecule has 3 aromatic heterocycles. The summed E-state index contributed by atoms with van der Waals surface area (Å²) in [7, 11) is 4.02. The van der Waals surface area contributed by atoms with Crippen LogP contribution in [0, 0.1) is 23.2 Å². The van der Waals surface area contributed by atoms with E-state index in [4.69, 9.17) is 36.1 Å². The molecule has 1 saturated carbocycles. The number of pyridine rings is 2. The normalized spacial score (nSPS) is 21.3. The number of piperidine rings is 2. The number of halogens is 1. The smallest absolute Gasteiger partial charge is 0.343 e. The molecule has 1 atom stereocenters. The Balaban J connectivity index is 0.694. The first-order valence-corrected chi connectivity index (χ1v) is 25.1. The molecule has 5 aliphatic rings. The highest BCUT2D eigenvalue weighted by Gasteiger charge is 2.45. The molecule has 0 radical (unpaired) electrons. The number of aromatic nitrogens is 4. The summed E-state index contributed by atoms with van der Waals surface area (Å²) in [6.07, 6.45) is 6.28. The average Bonchev–Trinajstić information content (AvgIpc) is 3.75. The van der Waals surface area contributed by atoms with Gasteiger partial charge in [-0.1, -0.05) is 18.5 Å². The number of carbonyl (C=O) groups excluding carboxylic acids is 3. The van der Waals surface area contributed by atoms with Crippen molar-refractivity contribution >= 4 is 46.1 Å². The van der Waals surface area contributed by atoms with Crippen molar-refractivity contribution in [2.24, 2.45) is 11.8 Å². The van der Waals surface area contributed by atoms with Gasteiger partial charge in [0.25, 0.3) is 11.5 Å². The molecule has 17 nitrogen and oxygen atoms in total. The monoisotopic (exact) mass is 983 g/mol. The Labute approximate surface area is 416 Å². The number of cyclic esters (lactones) is 1. The minimum Gasteiger partial charge on any atom is -0.493 e. The molecule has 1 aliphatic carbocycles. The van der Waals surface area contributed by atoms with Crippen LogP contribution in [-0.4, -0.2) is 111 Å². The van der Waals surface area contributed by atoms with Crippen molar-refractivity contribution in [3.63, 3.8) is 0 Å². The second-order valence-corrected chi connectivity index (χ2v) is 20.3. The van der Waals surface area contributed by atoms with E-state index in [0.717, 1.165) is 66.3 Å². The van der Waals surface area contributed by atoms with Gasteiger partial charge in [0.15, 0.2) is 17.1 Å². The average molecular weight is 985 g/mol. The number of esters is 1. The molecule has 5 aromatic rings. The molecule has 7 heterocycles. The molecule has 3 fully saturated rings. The van der Waals surface area contributed by atoms with Crippen molar-refractivity contribution in [2.75, 3.05) is 51.8 Å². The largest absolute Gasteiger partial charge is 0.493 e. The zero-order valence-corrected chi connectivity index (χ0v) is 41.0. The molecule has 0 bridgehead atoms. The lowest BCUT2D eigenvalue weighted by Gasteiger charge is -2.37. The van der Waals surface area contributed by atoms with Crippen LogP contribution in [0.5, 0.6) is 11.5 Å². The number of nitrogens with zero attached hydrogens (tertiary/aromatic N) is 8. The van der Waals surface area contributed by atoms with Gasteiger partial charge in [-0.2, -0.15) is 5.26 Å². The summed E-state index contributed by atoms with van der Waals surface area (Å²) >= 11 is 6.17. The maximum absolute atomic E-state index is 13.8. The Kier molecular flexibility index (Phi) is 13.5. The van der Waals surface area contributed by atoms with Crippen LogP contribution >= 0.6 is 11.6 Å². The number of fused-ring (bicyclic) bond motifs is 5. The van der Waals surface area contributed by atoms with E-state index in [0.29, 0.717) is 103 Å². The van der Waals surface area contributed by atoms with Crippen LogP contribution in [0.2, 0.25) is 5.02 Å². The van der Waals surface area contributed by atoms with Crippen LogP contribution in [0.15, 0.2) is 59.4 Å². The first kappa shape index (κ1) is 48.0. The summed E-state index contributed by atoms with van der Waals surface area (Å²) in [5.74, 6) is 1.53. The summed E-state index contributed by atoms with van der Waals surface area (Å²) in [5.41, 5.74) is 2.94. The van der Waals surface area contributed by atoms with Gasteiger partial charge in [-0.15, -0.1) is 10.2 Å². The van der Waals surface area contributed by atoms with Gasteiger partial charge in [0.05, 0.1) is 52.3 Å². The number of rotatable bonds is 12. The van der Waals surface area contributed by atoms with Gasteiger partial charge in [-0.3, -0.25) is 14.4 Å². The first-order valence-electron chi connectivity index (χ1n) is 24.7. The third kappa shape index (κ3) is 9.52. The van der Waals surface area contributed by atoms with Crippen LogP contribution in [0.1, 0.15) is 103 Å². The number of aliphatic hydroxyl groups is 1. The van der Waals surface area contributed by atoms with Gasteiger partial charge < -0.3 is 43.9 Å². The highest BCUT2D eigenvalue weighted by atomic mass is 35.5. The van der Waals surface area contributed by atoms with Crippen molar-refractivity contribution in [2.45, 2.75) is 102 Å². The highest BCUT2D eigenvalue weighted by Crippen LogP contribution is 2.40. The van der Waals surface area contributed by atoms with Gasteiger partial charge in [0.1, 0.15) is 24.2 Å². The molecule has 4 aliphatic heterocycles. The van der Waals surface area contributed by atoms with E-state index in [9.17, 15) is 24.3 Å². The molecule has 18 heteroatoms. The predicted molar refractivity (Wildman–Crippen MR) is 264 cm³/mol. The van der Waals surface area contributed by atoms with Gasteiger partial charge >= 0.3 is 5.97 Å². The second-order valence-electron chi connectivity index (χ2n) is 19.9. The zero-order chi connectivity index (χ0) is 49.6. The number of carbonyl (C=O) groups is 3. The molecular weight excluding hydrogens is 926 g/mol. The predicted octanol–water partition coefficient (Wildman–Crippen LogP) is 6.11. The van der Waals surface area contributed by atoms with E-state index in [1.807, 2.05) is 37.2 Å². The van der Waals surface area contributed by atoms with Crippen molar-refractivity contribution in [3.8, 4) is 29.0 Å². The molecule has 71 heavy (non-hydrogen) atoms. The van der Waals surface area contributed by atoms with Crippen molar-refractivity contribution < 1.29 is 33.7 Å². The van der Waals surface area contributed by atoms with Gasteiger partial charge in [0.2, 0.25) is 5.91 Å². The van der Waals surface area contributed by atoms with E-state index in [2.05, 4.69) is 37.4 Å². The van der Waals surface area contributed by atoms with Crippen LogP contribution in [-0.2, 0) is 39.6 Å². The third-order valence-corrected chi connectivity index (χ3v) is 15.4. The minimum absolute atomic E-state index is 0.00182. The van der Waals surface area contributed by atoms with E-state index in [1.165, 1.54) is 0 Å². The van der Waals surface area contributed by atoms with E-state index < -0.39 is 11.6 Å². The van der Waals surface area contributed by atoms with E-state index in [1.54, 1.807) is 41.8 Å². The van der Waals surface area contributed by atoms with E-state index >= 15 is 0 Å². The Morgan fingerprint density at radius 3 is 2.44 bits per heavy atom. The molecule has 0 unspecified atom stereocenters. The number of hydrogen-bond donors (Lipinski definition) is 2. The maximum atomic E-state index is 13.8. The number of likely N-dealkylation sites (tertiary alicyclic amines) is 1. The number of amides is 2. The fraction of sp³-hybridized carbons (Fsp3) is 0.472. The number of hydrogen-bond acceptors (Lipinski definition) is 14. The molecule has 2 amide bonds. The first-order chi connectivity index (χ1) is 34.3. The standard InChI is InChI=1S/C53H58ClN9O8/c1-4-53(68)41-25-45-48-34(27-63(45)51(66)40(41)30-70-52(53)67)23-38-39(28-60(2)3)46(13-11-43(38)57-48)69-29-31-15-19-62(20-16-31)50(65)32-17-21-61(22-18-32)47-14-12-44(58-59-47)49(64)56-35-6-9-36(10-7-35)71-37-8-5-33(26-55)42(54)24-37/h5,8,11-14,23-25,31-32,35-36,68H,4,6-7,9-10,15-22,27-30H2,1-3H3,(H,56,64)/t35?,36?,53-/m0/s1. The van der Waals surface area contributed by atoms with Crippen molar-refractivity contribution in [1.29, 1.82) is 5.26 Å². The molecule has 10 rings (SSSR count). The SMILES string of the molecule is CC[C@@]1(O)C(=O)OCc2c1cc1n(c2=O)Cc2cc3c(CN(C)C)c(OCC4CCN(C(=O)C5CCN(c6ccc(C(=O)NC7CCC(Oc8ccc(C#N)c(Cl)c8)CC7)nn6)CC5)CC4)ccc3nc2-1. The van der Waals surface area contributed by atoms with Crippen LogP contribution < -0.4 is 25.2 Å². The number of anilines is 1. The highest BCUT2D eigenvalue weighted by molar-refractivity contribution is 6.31. The topological polar surface area (TPSA) is 205 Å². The van der Waals surface area contributed by atoms with Gasteiger partial charge in [-0.25, -0.2) is 9.78 Å². The fourth-order valence-electron chi connectivity index (χ4n) is 10.9. The fourth-order valence-corrected chi connectivity index (χ4v) is 11.1. The lowest BCUT2D eigenvalue weighted by Crippen LogP contribution is -2.46. The van der Waals surface area contributed by atoms with Crippen LogP contribution in [0.4, 0.5) is 5.82 Å². The number of ether oxygens (including phenoxy) is 3.